The second kappa shape index (κ2) is 6.71. The highest BCUT2D eigenvalue weighted by Crippen LogP contribution is 2.26. The van der Waals surface area contributed by atoms with Gasteiger partial charge < -0.3 is 4.98 Å². The number of benzene rings is 2. The van der Waals surface area contributed by atoms with E-state index in [2.05, 4.69) is 9.71 Å². The van der Waals surface area contributed by atoms with E-state index in [1.54, 1.807) is 25.1 Å². The van der Waals surface area contributed by atoms with Crippen LogP contribution in [0, 0.1) is 6.92 Å². The van der Waals surface area contributed by atoms with Gasteiger partial charge in [0.05, 0.1) is 16.3 Å². The van der Waals surface area contributed by atoms with Gasteiger partial charge in [-0.1, -0.05) is 24.3 Å². The van der Waals surface area contributed by atoms with Crippen LogP contribution in [-0.4, -0.2) is 32.6 Å². The first kappa shape index (κ1) is 18.9. The first-order valence-electron chi connectivity index (χ1n) is 7.79. The summed E-state index contributed by atoms with van der Waals surface area (Å²) < 4.78 is 53.4. The fraction of sp³-hybridized carbons (Fsp3) is 0.118. The number of anilines is 1. The number of rotatable bonds is 5. The maximum atomic E-state index is 12.9. The molecule has 2 aromatic carbocycles. The van der Waals surface area contributed by atoms with Crippen molar-refractivity contribution >= 4 is 25.5 Å². The molecule has 0 amide bonds. The number of sulfone groups is 1. The van der Waals surface area contributed by atoms with E-state index in [-0.39, 0.29) is 15.5 Å². The Bertz CT molecular complexity index is 1270. The van der Waals surface area contributed by atoms with E-state index in [4.69, 9.17) is 0 Å². The summed E-state index contributed by atoms with van der Waals surface area (Å²) in [4.78, 5) is 13.9. The number of aryl methyl sites for hydroxylation is 1. The van der Waals surface area contributed by atoms with Gasteiger partial charge in [-0.2, -0.15) is 0 Å². The van der Waals surface area contributed by atoms with Crippen LogP contribution in [0.5, 0.6) is 0 Å². The van der Waals surface area contributed by atoms with Crippen LogP contribution >= 0.6 is 0 Å². The van der Waals surface area contributed by atoms with Crippen LogP contribution in [-0.2, 0) is 19.9 Å². The molecule has 0 saturated heterocycles. The molecule has 142 valence electrons. The largest absolute Gasteiger partial charge is 0.330 e. The number of imidazole rings is 1. The molecule has 27 heavy (non-hydrogen) atoms. The summed E-state index contributed by atoms with van der Waals surface area (Å²) in [5.74, 6) is 0. The number of nitrogens with zero attached hydrogens (tertiary/aromatic N) is 1. The fourth-order valence-electron chi connectivity index (χ4n) is 2.69. The van der Waals surface area contributed by atoms with E-state index in [0.29, 0.717) is 11.4 Å². The van der Waals surface area contributed by atoms with Gasteiger partial charge in [0, 0.05) is 18.1 Å². The minimum Gasteiger partial charge on any atom is -0.312 e. The second-order valence-corrected chi connectivity index (χ2v) is 9.55. The summed E-state index contributed by atoms with van der Waals surface area (Å²) in [6.45, 7) is 1.70. The second-order valence-electron chi connectivity index (χ2n) is 5.91. The van der Waals surface area contributed by atoms with Crippen molar-refractivity contribution in [2.75, 3.05) is 11.0 Å². The summed E-state index contributed by atoms with van der Waals surface area (Å²) >= 11 is 0. The maximum Gasteiger partial charge on any atom is 0.330 e. The molecular formula is C17H17N3O5S2. The Labute approximate surface area is 156 Å². The third-order valence-electron chi connectivity index (χ3n) is 3.89. The number of aromatic nitrogens is 2. The molecule has 0 fully saturated rings. The Kier molecular flexibility index (Phi) is 4.70. The summed E-state index contributed by atoms with van der Waals surface area (Å²) in [7, 11) is -7.98. The third-order valence-corrected chi connectivity index (χ3v) is 6.60. The van der Waals surface area contributed by atoms with Crippen LogP contribution in [0.4, 0.5) is 5.69 Å². The molecule has 2 N–H and O–H groups in total. The molecule has 0 bridgehead atoms. The van der Waals surface area contributed by atoms with Gasteiger partial charge >= 0.3 is 5.69 Å². The smallest absolute Gasteiger partial charge is 0.312 e. The number of sulfonamides is 1. The van der Waals surface area contributed by atoms with Gasteiger partial charge in [-0.15, -0.1) is 0 Å². The van der Waals surface area contributed by atoms with Crippen molar-refractivity contribution in [3.8, 4) is 5.69 Å². The summed E-state index contributed by atoms with van der Waals surface area (Å²) in [6.07, 6.45) is 2.45. The molecule has 3 aromatic rings. The van der Waals surface area contributed by atoms with Crippen LogP contribution in [0.25, 0.3) is 5.69 Å². The lowest BCUT2D eigenvalue weighted by atomic mass is 10.2. The van der Waals surface area contributed by atoms with Crippen LogP contribution in [0.1, 0.15) is 5.69 Å². The van der Waals surface area contributed by atoms with Gasteiger partial charge in [-0.25, -0.2) is 21.6 Å². The van der Waals surface area contributed by atoms with E-state index in [9.17, 15) is 21.6 Å². The summed E-state index contributed by atoms with van der Waals surface area (Å²) in [5.41, 5.74) is 0.631. The van der Waals surface area contributed by atoms with Crippen LogP contribution in [0.3, 0.4) is 0 Å². The molecule has 1 heterocycles. The molecule has 0 radical (unpaired) electrons. The van der Waals surface area contributed by atoms with Gasteiger partial charge in [-0.3, -0.25) is 9.29 Å². The van der Waals surface area contributed by atoms with Gasteiger partial charge in [0.1, 0.15) is 4.90 Å². The number of H-pyrrole nitrogens is 1. The van der Waals surface area contributed by atoms with E-state index < -0.39 is 25.6 Å². The normalized spacial score (nSPS) is 12.1. The molecule has 3 rings (SSSR count). The minimum atomic E-state index is -4.22. The maximum absolute atomic E-state index is 12.9. The lowest BCUT2D eigenvalue weighted by molar-refractivity contribution is 0.588. The molecule has 1 aromatic heterocycles. The average Bonchev–Trinajstić information content (AvgIpc) is 2.93. The van der Waals surface area contributed by atoms with Gasteiger partial charge in [0.15, 0.2) is 9.84 Å². The lowest BCUT2D eigenvalue weighted by Crippen LogP contribution is -2.21. The molecule has 0 aliphatic rings. The molecule has 0 unspecified atom stereocenters. The Morgan fingerprint density at radius 2 is 1.52 bits per heavy atom. The molecule has 8 nitrogen and oxygen atoms in total. The number of para-hydroxylation sites is 2. The molecule has 0 spiro atoms. The molecule has 0 aliphatic heterocycles. The van der Waals surface area contributed by atoms with Crippen molar-refractivity contribution in [2.24, 2.45) is 0 Å². The molecule has 10 heteroatoms. The lowest BCUT2D eigenvalue weighted by Gasteiger charge is -2.15. The Hall–Kier alpha value is -2.85. The van der Waals surface area contributed by atoms with Crippen molar-refractivity contribution in [3.63, 3.8) is 0 Å². The van der Waals surface area contributed by atoms with Crippen molar-refractivity contribution in [3.05, 3.63) is 70.9 Å². The standard InChI is InChI=1S/C17H17N3O5S2/c1-12-11-18-17(21)20(12)14-8-4-3-7-13(14)19-27(24,25)16-10-6-5-9-15(16)26(2,22)23/h3-11,19H,1-2H3,(H,18,21). The van der Waals surface area contributed by atoms with Crippen molar-refractivity contribution in [1.29, 1.82) is 0 Å². The van der Waals surface area contributed by atoms with E-state index in [1.165, 1.54) is 41.1 Å². The van der Waals surface area contributed by atoms with Gasteiger partial charge in [0.25, 0.3) is 10.0 Å². The molecule has 0 aliphatic carbocycles. The topological polar surface area (TPSA) is 118 Å². The van der Waals surface area contributed by atoms with Crippen LogP contribution in [0.2, 0.25) is 0 Å². The highest BCUT2D eigenvalue weighted by atomic mass is 32.2. The highest BCUT2D eigenvalue weighted by molar-refractivity contribution is 7.95. The van der Waals surface area contributed by atoms with Crippen molar-refractivity contribution in [1.82, 2.24) is 9.55 Å². The number of nitrogens with one attached hydrogen (secondary N) is 2. The van der Waals surface area contributed by atoms with Crippen molar-refractivity contribution in [2.45, 2.75) is 16.7 Å². The van der Waals surface area contributed by atoms with E-state index in [0.717, 1.165) is 6.26 Å². The zero-order valence-corrected chi connectivity index (χ0v) is 16.1. The Morgan fingerprint density at radius 3 is 2.11 bits per heavy atom. The SMILES string of the molecule is Cc1c[nH]c(=O)n1-c1ccccc1NS(=O)(=O)c1ccccc1S(C)(=O)=O. The summed E-state index contributed by atoms with van der Waals surface area (Å²) in [6, 6.07) is 11.7. The Morgan fingerprint density at radius 1 is 0.926 bits per heavy atom. The van der Waals surface area contributed by atoms with Gasteiger partial charge in [0.2, 0.25) is 0 Å². The molecule has 0 atom stereocenters. The predicted molar refractivity (Wildman–Crippen MR) is 101 cm³/mol. The highest BCUT2D eigenvalue weighted by Gasteiger charge is 2.24. The fourth-order valence-corrected chi connectivity index (χ4v) is 5.39. The zero-order valence-electron chi connectivity index (χ0n) is 14.5. The number of hydrogen-bond donors (Lipinski definition) is 2. The van der Waals surface area contributed by atoms with E-state index in [1.807, 2.05) is 0 Å². The quantitative estimate of drug-likeness (QED) is 0.667. The third kappa shape index (κ3) is 3.67. The number of aromatic amines is 1. The number of hydrogen-bond acceptors (Lipinski definition) is 5. The van der Waals surface area contributed by atoms with Crippen LogP contribution < -0.4 is 10.4 Å². The van der Waals surface area contributed by atoms with Gasteiger partial charge in [-0.05, 0) is 31.2 Å². The monoisotopic (exact) mass is 407 g/mol. The first-order valence-corrected chi connectivity index (χ1v) is 11.2. The molecular weight excluding hydrogens is 390 g/mol. The summed E-state index contributed by atoms with van der Waals surface area (Å²) in [5, 5.41) is 0. The average molecular weight is 407 g/mol. The van der Waals surface area contributed by atoms with E-state index >= 15 is 0 Å². The van der Waals surface area contributed by atoms with Crippen molar-refractivity contribution < 1.29 is 16.8 Å². The first-order chi connectivity index (χ1) is 12.6. The van der Waals surface area contributed by atoms with Crippen LogP contribution in [0.15, 0.2) is 69.3 Å². The Balaban J connectivity index is 2.14. The zero-order chi connectivity index (χ0) is 19.8. The molecule has 0 saturated carbocycles. The minimum absolute atomic E-state index is 0.144. The predicted octanol–water partition coefficient (Wildman–Crippen LogP) is 1.68.